The Morgan fingerprint density at radius 2 is 2.00 bits per heavy atom. The lowest BCUT2D eigenvalue weighted by Gasteiger charge is -2.19. The van der Waals surface area contributed by atoms with E-state index in [4.69, 9.17) is 5.84 Å². The topological polar surface area (TPSA) is 38.0 Å². The third-order valence-electron chi connectivity index (χ3n) is 3.20. The average molecular weight is 323 g/mol. The zero-order chi connectivity index (χ0) is 13.8. The molecule has 1 atom stereocenters. The summed E-state index contributed by atoms with van der Waals surface area (Å²) in [6.07, 6.45) is 0.507. The smallest absolute Gasteiger partial charge is 0.126 e. The second-order valence-electron chi connectivity index (χ2n) is 4.52. The quantitative estimate of drug-likeness (QED) is 0.666. The number of nitrogens with two attached hydrogens (primary N) is 1. The summed E-state index contributed by atoms with van der Waals surface area (Å²) in [4.78, 5) is 0. The van der Waals surface area contributed by atoms with Crippen molar-refractivity contribution in [3.63, 3.8) is 0 Å². The van der Waals surface area contributed by atoms with E-state index in [1.807, 2.05) is 31.2 Å². The molecule has 3 N–H and O–H groups in total. The fourth-order valence-electron chi connectivity index (χ4n) is 2.16. The monoisotopic (exact) mass is 322 g/mol. The molecule has 0 aliphatic heterocycles. The molecule has 2 nitrogen and oxygen atoms in total. The third kappa shape index (κ3) is 3.41. The van der Waals surface area contributed by atoms with Gasteiger partial charge in [0.15, 0.2) is 0 Å². The van der Waals surface area contributed by atoms with Gasteiger partial charge in [0.2, 0.25) is 0 Å². The third-order valence-corrected chi connectivity index (χ3v) is 3.69. The number of nitrogens with one attached hydrogen (secondary N) is 1. The minimum absolute atomic E-state index is 0.106. The maximum Gasteiger partial charge on any atom is 0.126 e. The predicted octanol–water partition coefficient (Wildman–Crippen LogP) is 3.64. The lowest BCUT2D eigenvalue weighted by Crippen LogP contribution is -2.30. The number of halogens is 2. The van der Waals surface area contributed by atoms with Crippen molar-refractivity contribution in [1.82, 2.24) is 5.43 Å². The van der Waals surface area contributed by atoms with Crippen LogP contribution in [0.25, 0.3) is 0 Å². The summed E-state index contributed by atoms with van der Waals surface area (Å²) in [5, 5.41) is 0. The molecule has 0 saturated carbocycles. The van der Waals surface area contributed by atoms with E-state index in [9.17, 15) is 4.39 Å². The highest BCUT2D eigenvalue weighted by atomic mass is 79.9. The summed E-state index contributed by atoms with van der Waals surface area (Å²) in [5.41, 5.74) is 5.64. The average Bonchev–Trinajstić information content (AvgIpc) is 2.41. The Labute approximate surface area is 120 Å². The first-order chi connectivity index (χ1) is 9.11. The van der Waals surface area contributed by atoms with Crippen LogP contribution in [0.5, 0.6) is 0 Å². The van der Waals surface area contributed by atoms with Gasteiger partial charge in [0.1, 0.15) is 5.82 Å². The molecule has 0 aliphatic rings. The first-order valence-electron chi connectivity index (χ1n) is 6.07. The van der Waals surface area contributed by atoms with Gasteiger partial charge >= 0.3 is 0 Å². The summed E-state index contributed by atoms with van der Waals surface area (Å²) in [5.74, 6) is 5.41. The fourth-order valence-corrected chi connectivity index (χ4v) is 2.56. The Hall–Kier alpha value is -1.23. The highest BCUT2D eigenvalue weighted by Crippen LogP contribution is 2.24. The van der Waals surface area contributed by atoms with Gasteiger partial charge in [-0.2, -0.15) is 0 Å². The van der Waals surface area contributed by atoms with E-state index in [-0.39, 0.29) is 11.9 Å². The van der Waals surface area contributed by atoms with Crippen LogP contribution in [0.2, 0.25) is 0 Å². The molecule has 2 aromatic rings. The number of hydrogen-bond acceptors (Lipinski definition) is 2. The molecule has 0 radical (unpaired) electrons. The molecule has 1 unspecified atom stereocenters. The Morgan fingerprint density at radius 1 is 1.26 bits per heavy atom. The zero-order valence-corrected chi connectivity index (χ0v) is 12.2. The SMILES string of the molecule is Cc1ccccc1C(Cc1cc(Br)ccc1F)NN. The standard InChI is InChI=1S/C15H16BrFN2/c1-10-4-2-3-5-13(10)15(19-18)9-11-8-12(16)6-7-14(11)17/h2-8,15,19H,9,18H2,1H3. The van der Waals surface area contributed by atoms with Gasteiger partial charge in [-0.15, -0.1) is 0 Å². The van der Waals surface area contributed by atoms with Crippen LogP contribution in [0.4, 0.5) is 4.39 Å². The largest absolute Gasteiger partial charge is 0.271 e. The van der Waals surface area contributed by atoms with E-state index in [0.29, 0.717) is 12.0 Å². The highest BCUT2D eigenvalue weighted by molar-refractivity contribution is 9.10. The van der Waals surface area contributed by atoms with E-state index in [0.717, 1.165) is 15.6 Å². The highest BCUT2D eigenvalue weighted by Gasteiger charge is 2.15. The molecule has 19 heavy (non-hydrogen) atoms. The molecule has 0 bridgehead atoms. The lowest BCUT2D eigenvalue weighted by atomic mass is 9.96. The summed E-state index contributed by atoms with van der Waals surface area (Å²) >= 11 is 3.36. The Balaban J connectivity index is 2.29. The van der Waals surface area contributed by atoms with Gasteiger partial charge in [-0.25, -0.2) is 4.39 Å². The van der Waals surface area contributed by atoms with Crippen molar-refractivity contribution in [2.45, 2.75) is 19.4 Å². The molecule has 0 aromatic heterocycles. The van der Waals surface area contributed by atoms with Crippen molar-refractivity contribution in [2.24, 2.45) is 5.84 Å². The molecule has 2 rings (SSSR count). The van der Waals surface area contributed by atoms with E-state index >= 15 is 0 Å². The van der Waals surface area contributed by atoms with Crippen LogP contribution in [0.1, 0.15) is 22.7 Å². The number of aryl methyl sites for hydroxylation is 1. The van der Waals surface area contributed by atoms with Gasteiger partial charge < -0.3 is 0 Å². The first-order valence-corrected chi connectivity index (χ1v) is 6.86. The molecule has 0 heterocycles. The van der Waals surface area contributed by atoms with Gasteiger partial charge in [-0.1, -0.05) is 40.2 Å². The van der Waals surface area contributed by atoms with Crippen LogP contribution in [-0.2, 0) is 6.42 Å². The number of rotatable bonds is 4. The predicted molar refractivity (Wildman–Crippen MR) is 79.0 cm³/mol. The van der Waals surface area contributed by atoms with E-state index in [1.54, 1.807) is 12.1 Å². The van der Waals surface area contributed by atoms with Gasteiger partial charge in [0.25, 0.3) is 0 Å². The Bertz CT molecular complexity index is 572. The maximum atomic E-state index is 13.8. The number of hydrazine groups is 1. The number of hydrogen-bond donors (Lipinski definition) is 2. The van der Waals surface area contributed by atoms with Crippen LogP contribution in [0, 0.1) is 12.7 Å². The maximum absolute atomic E-state index is 13.8. The summed E-state index contributed by atoms with van der Waals surface area (Å²) < 4.78 is 14.7. The van der Waals surface area contributed by atoms with Crippen molar-refractivity contribution in [1.29, 1.82) is 0 Å². The van der Waals surface area contributed by atoms with Crippen LogP contribution in [0.3, 0.4) is 0 Å². The van der Waals surface area contributed by atoms with E-state index in [2.05, 4.69) is 21.4 Å². The molecule has 0 saturated heterocycles. The zero-order valence-electron chi connectivity index (χ0n) is 10.7. The molecule has 100 valence electrons. The van der Waals surface area contributed by atoms with Crippen LogP contribution >= 0.6 is 15.9 Å². The van der Waals surface area contributed by atoms with Crippen molar-refractivity contribution in [3.8, 4) is 0 Å². The molecule has 0 aliphatic carbocycles. The number of benzene rings is 2. The van der Waals surface area contributed by atoms with Crippen molar-refractivity contribution < 1.29 is 4.39 Å². The van der Waals surface area contributed by atoms with E-state index < -0.39 is 0 Å². The van der Waals surface area contributed by atoms with Gasteiger partial charge in [-0.3, -0.25) is 11.3 Å². The Morgan fingerprint density at radius 3 is 2.68 bits per heavy atom. The Kier molecular flexibility index (Phi) is 4.69. The molecule has 0 spiro atoms. The minimum Gasteiger partial charge on any atom is -0.271 e. The first kappa shape index (κ1) is 14.2. The van der Waals surface area contributed by atoms with Gasteiger partial charge in [-0.05, 0) is 48.2 Å². The van der Waals surface area contributed by atoms with Gasteiger partial charge in [0.05, 0.1) is 6.04 Å². The van der Waals surface area contributed by atoms with Gasteiger partial charge in [0, 0.05) is 4.47 Å². The molecular formula is C15H16BrFN2. The minimum atomic E-state index is -0.211. The van der Waals surface area contributed by atoms with E-state index in [1.165, 1.54) is 6.07 Å². The summed E-state index contributed by atoms with van der Waals surface area (Å²) in [6, 6.07) is 12.8. The van der Waals surface area contributed by atoms with Crippen LogP contribution in [-0.4, -0.2) is 0 Å². The fraction of sp³-hybridized carbons (Fsp3) is 0.200. The molecule has 0 amide bonds. The normalized spacial score (nSPS) is 12.4. The lowest BCUT2D eigenvalue weighted by molar-refractivity contribution is 0.527. The van der Waals surface area contributed by atoms with Crippen LogP contribution < -0.4 is 11.3 Å². The van der Waals surface area contributed by atoms with Crippen molar-refractivity contribution >= 4 is 15.9 Å². The second-order valence-corrected chi connectivity index (χ2v) is 5.43. The molecular weight excluding hydrogens is 307 g/mol. The second kappa shape index (κ2) is 6.28. The summed E-state index contributed by atoms with van der Waals surface area (Å²) in [7, 11) is 0. The van der Waals surface area contributed by atoms with Crippen molar-refractivity contribution in [2.75, 3.05) is 0 Å². The van der Waals surface area contributed by atoms with Crippen molar-refractivity contribution in [3.05, 3.63) is 69.4 Å². The molecule has 4 heteroatoms. The van der Waals surface area contributed by atoms with Crippen LogP contribution in [0.15, 0.2) is 46.9 Å². The summed E-state index contributed by atoms with van der Waals surface area (Å²) in [6.45, 7) is 2.02. The molecule has 2 aromatic carbocycles. The molecule has 0 fully saturated rings.